The number of β-amino-alcohol motifs (C(OH)–C–C–N with tert-alkyl or cyclic N) is 1. The number of hydrogen-bond acceptors (Lipinski definition) is 3. The Labute approximate surface area is 134 Å². The second-order valence-corrected chi connectivity index (χ2v) is 8.42. The molecular formula is C19H29NO2. The first kappa shape index (κ1) is 15.8. The number of aliphatic hydroxyl groups excluding tert-OH is 1. The summed E-state index contributed by atoms with van der Waals surface area (Å²) in [5.41, 5.74) is 0.852. The van der Waals surface area contributed by atoms with Crippen LogP contribution in [0.1, 0.15) is 40.0 Å². The Hall–Kier alpha value is -1.06. The van der Waals surface area contributed by atoms with E-state index in [0.717, 1.165) is 18.8 Å². The third-order valence-electron chi connectivity index (χ3n) is 5.15. The lowest BCUT2D eigenvalue weighted by atomic mass is 9.65. The number of benzene rings is 1. The maximum atomic E-state index is 10.3. The Morgan fingerprint density at radius 2 is 1.95 bits per heavy atom. The normalized spacial score (nSPS) is 31.9. The highest BCUT2D eigenvalue weighted by Crippen LogP contribution is 2.52. The minimum Gasteiger partial charge on any atom is -0.491 e. The predicted molar refractivity (Wildman–Crippen MR) is 89.0 cm³/mol. The standard InChI is InChI=1S/C19H29NO2/c1-18(2)9-15-10-19(3,13-18)14-20(15)11-16(21)12-22-17-7-5-4-6-8-17/h4-8,15-16,21H,9-14H2,1-3H3/t15-,16-,19-/m1/s1. The quantitative estimate of drug-likeness (QED) is 0.905. The lowest BCUT2D eigenvalue weighted by molar-refractivity contribution is 0.0585. The molecule has 0 amide bonds. The van der Waals surface area contributed by atoms with E-state index in [-0.39, 0.29) is 0 Å². The minimum absolute atomic E-state index is 0.368. The van der Waals surface area contributed by atoms with Crippen molar-refractivity contribution in [1.29, 1.82) is 0 Å². The van der Waals surface area contributed by atoms with Gasteiger partial charge in [0, 0.05) is 19.1 Å². The molecule has 3 heteroatoms. The summed E-state index contributed by atoms with van der Waals surface area (Å²) in [7, 11) is 0. The molecule has 2 aliphatic rings. The highest BCUT2D eigenvalue weighted by atomic mass is 16.5. The molecule has 0 spiro atoms. The van der Waals surface area contributed by atoms with Crippen molar-refractivity contribution in [1.82, 2.24) is 4.90 Å². The summed E-state index contributed by atoms with van der Waals surface area (Å²) < 4.78 is 5.68. The molecule has 0 unspecified atom stereocenters. The molecule has 122 valence electrons. The van der Waals surface area contributed by atoms with Gasteiger partial charge in [0.2, 0.25) is 0 Å². The van der Waals surface area contributed by atoms with Crippen molar-refractivity contribution >= 4 is 0 Å². The van der Waals surface area contributed by atoms with Crippen molar-refractivity contribution < 1.29 is 9.84 Å². The van der Waals surface area contributed by atoms with E-state index in [2.05, 4.69) is 25.7 Å². The summed E-state index contributed by atoms with van der Waals surface area (Å²) in [5, 5.41) is 10.3. The van der Waals surface area contributed by atoms with Gasteiger partial charge in [-0.25, -0.2) is 0 Å². The summed E-state index contributed by atoms with van der Waals surface area (Å²) in [5.74, 6) is 0.829. The Kier molecular flexibility index (Phi) is 4.21. The molecule has 1 aromatic rings. The summed E-state index contributed by atoms with van der Waals surface area (Å²) >= 11 is 0. The van der Waals surface area contributed by atoms with Crippen LogP contribution >= 0.6 is 0 Å². The molecule has 1 aliphatic heterocycles. The number of rotatable bonds is 5. The molecule has 22 heavy (non-hydrogen) atoms. The molecule has 0 aromatic heterocycles. The number of likely N-dealkylation sites (tertiary alicyclic amines) is 1. The van der Waals surface area contributed by atoms with Crippen LogP contribution in [0.15, 0.2) is 30.3 Å². The Morgan fingerprint density at radius 1 is 1.23 bits per heavy atom. The van der Waals surface area contributed by atoms with E-state index in [9.17, 15) is 5.11 Å². The van der Waals surface area contributed by atoms with Crippen LogP contribution in [0.3, 0.4) is 0 Å². The third kappa shape index (κ3) is 3.64. The Balaban J connectivity index is 1.53. The highest BCUT2D eigenvalue weighted by molar-refractivity contribution is 5.20. The fourth-order valence-electron chi connectivity index (χ4n) is 4.82. The first-order valence-corrected chi connectivity index (χ1v) is 8.45. The van der Waals surface area contributed by atoms with Crippen LogP contribution in [-0.4, -0.2) is 41.8 Å². The number of aliphatic hydroxyl groups is 1. The fraction of sp³-hybridized carbons (Fsp3) is 0.684. The fourth-order valence-corrected chi connectivity index (χ4v) is 4.82. The van der Waals surface area contributed by atoms with Gasteiger partial charge in [-0.05, 0) is 42.2 Å². The van der Waals surface area contributed by atoms with Crippen molar-refractivity contribution in [3.8, 4) is 5.75 Å². The van der Waals surface area contributed by atoms with Gasteiger partial charge in [0.25, 0.3) is 0 Å². The first-order chi connectivity index (χ1) is 10.4. The van der Waals surface area contributed by atoms with Gasteiger partial charge in [0.05, 0.1) is 0 Å². The predicted octanol–water partition coefficient (Wildman–Crippen LogP) is 3.33. The van der Waals surface area contributed by atoms with Crippen LogP contribution in [0.2, 0.25) is 0 Å². The summed E-state index contributed by atoms with van der Waals surface area (Å²) in [6.07, 6.45) is 3.40. The van der Waals surface area contributed by atoms with Crippen LogP contribution in [0.25, 0.3) is 0 Å². The van der Waals surface area contributed by atoms with Gasteiger partial charge < -0.3 is 9.84 Å². The van der Waals surface area contributed by atoms with Crippen LogP contribution in [-0.2, 0) is 0 Å². The van der Waals surface area contributed by atoms with Gasteiger partial charge >= 0.3 is 0 Å². The molecule has 3 rings (SSSR count). The molecule has 1 saturated carbocycles. The average molecular weight is 303 g/mol. The van der Waals surface area contributed by atoms with Crippen molar-refractivity contribution in [3.05, 3.63) is 30.3 Å². The summed E-state index contributed by atoms with van der Waals surface area (Å²) in [6, 6.07) is 10.4. The summed E-state index contributed by atoms with van der Waals surface area (Å²) in [6.45, 7) is 9.39. The molecule has 2 bridgehead atoms. The number of ether oxygens (including phenoxy) is 1. The number of hydrogen-bond donors (Lipinski definition) is 1. The third-order valence-corrected chi connectivity index (χ3v) is 5.15. The molecule has 1 aliphatic carbocycles. The lowest BCUT2D eigenvalue weighted by Crippen LogP contribution is -2.39. The zero-order valence-electron chi connectivity index (χ0n) is 14.1. The Bertz CT molecular complexity index is 501. The lowest BCUT2D eigenvalue weighted by Gasteiger charge is -2.40. The van der Waals surface area contributed by atoms with E-state index >= 15 is 0 Å². The van der Waals surface area contributed by atoms with Crippen molar-refractivity contribution in [3.63, 3.8) is 0 Å². The molecule has 1 N–H and O–H groups in total. The number of nitrogens with zero attached hydrogens (tertiary/aromatic N) is 1. The molecule has 1 heterocycles. The van der Waals surface area contributed by atoms with Gasteiger partial charge in [-0.15, -0.1) is 0 Å². The van der Waals surface area contributed by atoms with Gasteiger partial charge in [0.15, 0.2) is 0 Å². The van der Waals surface area contributed by atoms with E-state index in [4.69, 9.17) is 4.74 Å². The van der Waals surface area contributed by atoms with Crippen LogP contribution in [0.5, 0.6) is 5.75 Å². The summed E-state index contributed by atoms with van der Waals surface area (Å²) in [4.78, 5) is 2.49. The van der Waals surface area contributed by atoms with Crippen molar-refractivity contribution in [2.45, 2.75) is 52.2 Å². The van der Waals surface area contributed by atoms with Crippen molar-refractivity contribution in [2.24, 2.45) is 10.8 Å². The van der Waals surface area contributed by atoms with Gasteiger partial charge in [-0.2, -0.15) is 0 Å². The monoisotopic (exact) mass is 303 g/mol. The molecule has 3 atom stereocenters. The maximum Gasteiger partial charge on any atom is 0.119 e. The van der Waals surface area contributed by atoms with Crippen LogP contribution in [0, 0.1) is 10.8 Å². The molecule has 2 fully saturated rings. The maximum absolute atomic E-state index is 10.3. The van der Waals surface area contributed by atoms with Gasteiger partial charge in [-0.3, -0.25) is 4.90 Å². The number of fused-ring (bicyclic) bond motifs is 2. The average Bonchev–Trinajstić information content (AvgIpc) is 2.66. The second-order valence-electron chi connectivity index (χ2n) is 8.42. The second kappa shape index (κ2) is 5.86. The van der Waals surface area contributed by atoms with E-state index in [1.807, 2.05) is 30.3 Å². The Morgan fingerprint density at radius 3 is 2.68 bits per heavy atom. The molecule has 1 saturated heterocycles. The van der Waals surface area contributed by atoms with E-state index in [1.165, 1.54) is 19.3 Å². The van der Waals surface area contributed by atoms with E-state index < -0.39 is 6.10 Å². The van der Waals surface area contributed by atoms with Gasteiger partial charge in [-0.1, -0.05) is 39.0 Å². The zero-order chi connectivity index (χ0) is 15.8. The topological polar surface area (TPSA) is 32.7 Å². The van der Waals surface area contributed by atoms with Gasteiger partial charge in [0.1, 0.15) is 18.5 Å². The van der Waals surface area contributed by atoms with E-state index in [1.54, 1.807) is 0 Å². The largest absolute Gasteiger partial charge is 0.491 e. The van der Waals surface area contributed by atoms with Crippen LogP contribution < -0.4 is 4.74 Å². The van der Waals surface area contributed by atoms with Crippen LogP contribution in [0.4, 0.5) is 0 Å². The highest BCUT2D eigenvalue weighted by Gasteiger charge is 2.49. The molecule has 3 nitrogen and oxygen atoms in total. The zero-order valence-corrected chi connectivity index (χ0v) is 14.1. The van der Waals surface area contributed by atoms with E-state index in [0.29, 0.717) is 23.5 Å². The molecule has 0 radical (unpaired) electrons. The smallest absolute Gasteiger partial charge is 0.119 e. The SMILES string of the molecule is CC1(C)C[C@@H]2C[C@@](C)(CN2C[C@@H](O)COc2ccccc2)C1. The molecular weight excluding hydrogens is 274 g/mol. The number of para-hydroxylation sites is 1. The molecule has 1 aromatic carbocycles. The van der Waals surface area contributed by atoms with Crippen molar-refractivity contribution in [2.75, 3.05) is 19.7 Å². The minimum atomic E-state index is -0.425. The first-order valence-electron chi connectivity index (χ1n) is 8.45.